The maximum absolute atomic E-state index is 5.04. The van der Waals surface area contributed by atoms with Crippen molar-refractivity contribution in [1.29, 1.82) is 0 Å². The van der Waals surface area contributed by atoms with Crippen LogP contribution in [0.1, 0.15) is 20.3 Å². The number of methoxy groups -OCH3 is 1. The maximum atomic E-state index is 5.04. The lowest BCUT2D eigenvalue weighted by Gasteiger charge is -2.01. The van der Waals surface area contributed by atoms with Crippen LogP contribution in [0.2, 0.25) is 0 Å². The molecule has 0 saturated carbocycles. The molecule has 0 atom stereocenters. The summed E-state index contributed by atoms with van der Waals surface area (Å²) in [6.45, 7) is 8.49. The molecule has 0 aromatic carbocycles. The molecule has 0 aromatic rings. The van der Waals surface area contributed by atoms with Crippen LogP contribution in [-0.2, 0) is 4.74 Å². The van der Waals surface area contributed by atoms with E-state index in [1.165, 1.54) is 11.1 Å². The molecule has 0 saturated heterocycles. The van der Waals surface area contributed by atoms with Crippen LogP contribution in [0.3, 0.4) is 0 Å². The van der Waals surface area contributed by atoms with Crippen LogP contribution in [0.4, 0.5) is 0 Å². The van der Waals surface area contributed by atoms with Gasteiger partial charge in [-0.3, -0.25) is 0 Å². The minimum Gasteiger partial charge on any atom is -0.380 e. The van der Waals surface area contributed by atoms with E-state index in [2.05, 4.69) is 18.7 Å². The smallest absolute Gasteiger partial charge is 0.0675 e. The normalized spacial score (nSPS) is 13.2. The molecule has 0 aromatic heterocycles. The molecule has 0 aliphatic heterocycles. The lowest BCUT2D eigenvalue weighted by molar-refractivity contribution is 0.224. The second-order valence-electron chi connectivity index (χ2n) is 2.74. The average Bonchev–Trinajstić information content (AvgIpc) is 2.11. The van der Waals surface area contributed by atoms with Crippen molar-refractivity contribution >= 4 is 0 Å². The quantitative estimate of drug-likeness (QED) is 0.450. The molecule has 0 aliphatic rings. The molecular weight excluding hydrogens is 148 g/mol. The summed E-state index contributed by atoms with van der Waals surface area (Å²) in [7, 11) is 1.72. The Labute approximate surface area is 75.4 Å². The van der Waals surface area contributed by atoms with E-state index in [4.69, 9.17) is 4.74 Å². The van der Waals surface area contributed by atoms with Crippen molar-refractivity contribution in [2.75, 3.05) is 13.7 Å². The number of allylic oxidation sites excluding steroid dienone is 4. The Hall–Kier alpha value is -0.820. The summed E-state index contributed by atoms with van der Waals surface area (Å²) < 4.78 is 5.04. The highest BCUT2D eigenvalue weighted by Crippen LogP contribution is 2.05. The third-order valence-electron chi connectivity index (χ3n) is 1.75. The zero-order valence-electron chi connectivity index (χ0n) is 8.26. The van der Waals surface area contributed by atoms with Crippen LogP contribution in [0.5, 0.6) is 0 Å². The third kappa shape index (κ3) is 4.91. The summed E-state index contributed by atoms with van der Waals surface area (Å²) in [4.78, 5) is 0. The molecule has 0 fully saturated rings. The first-order valence-electron chi connectivity index (χ1n) is 4.16. The first-order chi connectivity index (χ1) is 5.74. The van der Waals surface area contributed by atoms with E-state index in [0.717, 1.165) is 13.0 Å². The zero-order valence-corrected chi connectivity index (χ0v) is 8.26. The average molecular weight is 166 g/mol. The van der Waals surface area contributed by atoms with Gasteiger partial charge >= 0.3 is 0 Å². The predicted octanol–water partition coefficient (Wildman–Crippen LogP) is 3.10. The predicted molar refractivity (Wildman–Crippen MR) is 54.2 cm³/mol. The van der Waals surface area contributed by atoms with Gasteiger partial charge in [-0.15, -0.1) is 0 Å². The second kappa shape index (κ2) is 6.86. The van der Waals surface area contributed by atoms with Crippen LogP contribution >= 0.6 is 0 Å². The monoisotopic (exact) mass is 166 g/mol. The van der Waals surface area contributed by atoms with Gasteiger partial charge in [-0.2, -0.15) is 0 Å². The summed E-state index contributed by atoms with van der Waals surface area (Å²) in [6, 6.07) is 0. The highest BCUT2D eigenvalue weighted by atomic mass is 16.5. The molecule has 68 valence electrons. The highest BCUT2D eigenvalue weighted by molar-refractivity contribution is 5.17. The van der Waals surface area contributed by atoms with Crippen molar-refractivity contribution in [2.24, 2.45) is 0 Å². The Bertz CT molecular complexity index is 187. The van der Waals surface area contributed by atoms with Gasteiger partial charge in [0.25, 0.3) is 0 Å². The van der Waals surface area contributed by atoms with Gasteiger partial charge in [0.05, 0.1) is 6.61 Å². The molecule has 0 rings (SSSR count). The van der Waals surface area contributed by atoms with Gasteiger partial charge < -0.3 is 4.74 Å². The fourth-order valence-electron chi connectivity index (χ4n) is 0.821. The second-order valence-corrected chi connectivity index (χ2v) is 2.74. The lowest BCUT2D eigenvalue weighted by Crippen LogP contribution is -1.92. The summed E-state index contributed by atoms with van der Waals surface area (Å²) in [5, 5.41) is 0. The Balaban J connectivity index is 3.96. The minimum atomic E-state index is 0.720. The standard InChI is InChI=1S/C11H18O/c1-5-10(3)7-8-11(6-2)9-12-4/h5-7H,1,8-9H2,2-4H3/b10-7-,11-6+. The zero-order chi connectivity index (χ0) is 9.40. The van der Waals surface area contributed by atoms with E-state index in [9.17, 15) is 0 Å². The van der Waals surface area contributed by atoms with Gasteiger partial charge in [-0.25, -0.2) is 0 Å². The first-order valence-corrected chi connectivity index (χ1v) is 4.16. The molecule has 0 unspecified atom stereocenters. The molecule has 0 bridgehead atoms. The van der Waals surface area contributed by atoms with Gasteiger partial charge in [0.2, 0.25) is 0 Å². The minimum absolute atomic E-state index is 0.720. The van der Waals surface area contributed by atoms with Crippen LogP contribution in [0.25, 0.3) is 0 Å². The highest BCUT2D eigenvalue weighted by Gasteiger charge is 1.91. The number of ether oxygens (including phenoxy) is 1. The Morgan fingerprint density at radius 3 is 2.58 bits per heavy atom. The SMILES string of the molecule is C=C/C(C)=C\C/C(=C\C)COC. The largest absolute Gasteiger partial charge is 0.380 e. The summed E-state index contributed by atoms with van der Waals surface area (Å²) in [6.07, 6.45) is 7.07. The molecule has 0 spiro atoms. The Morgan fingerprint density at radius 2 is 2.17 bits per heavy atom. The van der Waals surface area contributed by atoms with E-state index < -0.39 is 0 Å². The number of hydrogen-bond donors (Lipinski definition) is 0. The van der Waals surface area contributed by atoms with Gasteiger partial charge in [-0.1, -0.05) is 30.4 Å². The number of rotatable bonds is 5. The molecule has 0 heterocycles. The lowest BCUT2D eigenvalue weighted by atomic mass is 10.1. The topological polar surface area (TPSA) is 9.23 Å². The van der Waals surface area contributed by atoms with Crippen LogP contribution < -0.4 is 0 Å². The van der Waals surface area contributed by atoms with E-state index in [1.54, 1.807) is 7.11 Å². The third-order valence-corrected chi connectivity index (χ3v) is 1.75. The molecule has 0 aliphatic carbocycles. The van der Waals surface area contributed by atoms with Gasteiger partial charge in [-0.05, 0) is 25.8 Å². The molecule has 1 nitrogen and oxygen atoms in total. The van der Waals surface area contributed by atoms with Crippen LogP contribution in [0, 0.1) is 0 Å². The van der Waals surface area contributed by atoms with Crippen LogP contribution in [0.15, 0.2) is 36.0 Å². The molecular formula is C11H18O. The van der Waals surface area contributed by atoms with Crippen molar-refractivity contribution in [3.05, 3.63) is 36.0 Å². The molecule has 0 radical (unpaired) electrons. The number of hydrogen-bond acceptors (Lipinski definition) is 1. The summed E-state index contributed by atoms with van der Waals surface area (Å²) in [5.41, 5.74) is 2.52. The summed E-state index contributed by atoms with van der Waals surface area (Å²) >= 11 is 0. The van der Waals surface area contributed by atoms with E-state index in [1.807, 2.05) is 19.9 Å². The Morgan fingerprint density at radius 1 is 1.50 bits per heavy atom. The summed E-state index contributed by atoms with van der Waals surface area (Å²) in [5.74, 6) is 0. The van der Waals surface area contributed by atoms with Crippen molar-refractivity contribution in [2.45, 2.75) is 20.3 Å². The van der Waals surface area contributed by atoms with E-state index in [0.29, 0.717) is 0 Å². The van der Waals surface area contributed by atoms with E-state index >= 15 is 0 Å². The van der Waals surface area contributed by atoms with Crippen LogP contribution in [-0.4, -0.2) is 13.7 Å². The van der Waals surface area contributed by atoms with Gasteiger partial charge in [0.15, 0.2) is 0 Å². The Kier molecular flexibility index (Phi) is 6.39. The van der Waals surface area contributed by atoms with Gasteiger partial charge in [0, 0.05) is 7.11 Å². The fraction of sp³-hybridized carbons (Fsp3) is 0.455. The van der Waals surface area contributed by atoms with Crippen molar-refractivity contribution < 1.29 is 4.74 Å². The van der Waals surface area contributed by atoms with Crippen molar-refractivity contribution in [3.63, 3.8) is 0 Å². The van der Waals surface area contributed by atoms with Gasteiger partial charge in [0.1, 0.15) is 0 Å². The molecule has 0 N–H and O–H groups in total. The van der Waals surface area contributed by atoms with Crippen molar-refractivity contribution in [3.8, 4) is 0 Å². The van der Waals surface area contributed by atoms with E-state index in [-0.39, 0.29) is 0 Å². The molecule has 1 heteroatoms. The maximum Gasteiger partial charge on any atom is 0.0675 e. The first kappa shape index (κ1) is 11.2. The fourth-order valence-corrected chi connectivity index (χ4v) is 0.821. The van der Waals surface area contributed by atoms with Crippen molar-refractivity contribution in [1.82, 2.24) is 0 Å². The molecule has 12 heavy (non-hydrogen) atoms. The molecule has 0 amide bonds.